The van der Waals surface area contributed by atoms with E-state index in [2.05, 4.69) is 22.0 Å². The van der Waals surface area contributed by atoms with Crippen LogP contribution in [-0.2, 0) is 6.54 Å². The minimum Gasteiger partial charge on any atom is -0.369 e. The highest BCUT2D eigenvalue weighted by Gasteiger charge is 2.21. The Morgan fingerprint density at radius 3 is 2.46 bits per heavy atom. The fourth-order valence-corrected chi connectivity index (χ4v) is 3.48. The molecule has 1 heterocycles. The molecule has 0 bridgehead atoms. The molecule has 0 amide bonds. The van der Waals surface area contributed by atoms with Crippen molar-refractivity contribution in [2.75, 3.05) is 37.6 Å². The zero-order valence-electron chi connectivity index (χ0n) is 15.5. The van der Waals surface area contributed by atoms with Gasteiger partial charge in [0.15, 0.2) is 0 Å². The number of hydrogen-bond donors (Lipinski definition) is 1. The van der Waals surface area contributed by atoms with Gasteiger partial charge in [-0.1, -0.05) is 25.1 Å². The van der Waals surface area contributed by atoms with Crippen LogP contribution < -0.4 is 10.2 Å². The Kier molecular flexibility index (Phi) is 6.22. The first kappa shape index (κ1) is 18.8. The number of benzene rings is 2. The maximum Gasteiger partial charge on any atom is 0.127 e. The second-order valence-corrected chi connectivity index (χ2v) is 6.82. The van der Waals surface area contributed by atoms with Crippen molar-refractivity contribution in [2.24, 2.45) is 0 Å². The Morgan fingerprint density at radius 1 is 1.04 bits per heavy atom. The van der Waals surface area contributed by atoms with Gasteiger partial charge in [-0.05, 0) is 43.3 Å². The Labute approximate surface area is 154 Å². The van der Waals surface area contributed by atoms with E-state index < -0.39 is 0 Å². The van der Waals surface area contributed by atoms with Crippen molar-refractivity contribution in [3.8, 4) is 0 Å². The van der Waals surface area contributed by atoms with Gasteiger partial charge in [0.05, 0.1) is 0 Å². The van der Waals surface area contributed by atoms with Crippen molar-refractivity contribution in [1.29, 1.82) is 0 Å². The molecule has 3 rings (SSSR count). The SMILES string of the molecule is CCN1CCN(c2ccc(F)cc2C(C)NCc2ccccc2F)CC1. The first-order valence-corrected chi connectivity index (χ1v) is 9.32. The van der Waals surface area contributed by atoms with Crippen LogP contribution in [0.2, 0.25) is 0 Å². The summed E-state index contributed by atoms with van der Waals surface area (Å²) in [4.78, 5) is 4.74. The summed E-state index contributed by atoms with van der Waals surface area (Å²) in [6.07, 6.45) is 0. The van der Waals surface area contributed by atoms with Gasteiger partial charge in [-0.25, -0.2) is 8.78 Å². The van der Waals surface area contributed by atoms with Crippen molar-refractivity contribution in [2.45, 2.75) is 26.4 Å². The van der Waals surface area contributed by atoms with Crippen molar-refractivity contribution < 1.29 is 8.78 Å². The fourth-order valence-electron chi connectivity index (χ4n) is 3.48. The molecule has 3 nitrogen and oxygen atoms in total. The Morgan fingerprint density at radius 2 is 1.77 bits per heavy atom. The van der Waals surface area contributed by atoms with Gasteiger partial charge >= 0.3 is 0 Å². The number of nitrogens with one attached hydrogen (secondary N) is 1. The lowest BCUT2D eigenvalue weighted by Gasteiger charge is -2.37. The molecular formula is C21H27F2N3. The molecule has 0 spiro atoms. The zero-order chi connectivity index (χ0) is 18.5. The van der Waals surface area contributed by atoms with Crippen LogP contribution in [-0.4, -0.2) is 37.6 Å². The Bertz CT molecular complexity index is 727. The standard InChI is InChI=1S/C21H27F2N3/c1-3-25-10-12-26(13-11-25)21-9-8-18(22)14-19(21)16(2)24-15-17-6-4-5-7-20(17)23/h4-9,14,16,24H,3,10-13,15H2,1-2H3. The van der Waals surface area contributed by atoms with E-state index in [1.807, 2.05) is 19.1 Å². The maximum absolute atomic E-state index is 13.9. The molecule has 26 heavy (non-hydrogen) atoms. The number of piperazine rings is 1. The van der Waals surface area contributed by atoms with Crippen LogP contribution >= 0.6 is 0 Å². The van der Waals surface area contributed by atoms with Gasteiger partial charge in [-0.3, -0.25) is 0 Å². The molecule has 5 heteroatoms. The molecule has 0 radical (unpaired) electrons. The van der Waals surface area contributed by atoms with Crippen molar-refractivity contribution >= 4 is 5.69 Å². The number of anilines is 1. The highest BCUT2D eigenvalue weighted by atomic mass is 19.1. The number of nitrogens with zero attached hydrogens (tertiary/aromatic N) is 2. The van der Waals surface area contributed by atoms with E-state index in [1.165, 1.54) is 12.1 Å². The van der Waals surface area contributed by atoms with E-state index in [9.17, 15) is 8.78 Å². The number of hydrogen-bond acceptors (Lipinski definition) is 3. The molecule has 1 atom stereocenters. The lowest BCUT2D eigenvalue weighted by molar-refractivity contribution is 0.271. The molecular weight excluding hydrogens is 332 g/mol. The van der Waals surface area contributed by atoms with E-state index in [1.54, 1.807) is 18.2 Å². The number of halogens is 2. The summed E-state index contributed by atoms with van der Waals surface area (Å²) in [6.45, 7) is 9.56. The molecule has 1 unspecified atom stereocenters. The highest BCUT2D eigenvalue weighted by molar-refractivity contribution is 5.55. The molecule has 1 fully saturated rings. The third-order valence-corrected chi connectivity index (χ3v) is 5.17. The molecule has 1 aliphatic heterocycles. The van der Waals surface area contributed by atoms with Gasteiger partial charge in [0.25, 0.3) is 0 Å². The Balaban J connectivity index is 1.74. The molecule has 140 valence electrons. The number of rotatable bonds is 6. The summed E-state index contributed by atoms with van der Waals surface area (Å²) < 4.78 is 27.7. The lowest BCUT2D eigenvalue weighted by Crippen LogP contribution is -2.46. The minimum atomic E-state index is -0.240. The smallest absolute Gasteiger partial charge is 0.127 e. The summed E-state index contributed by atoms with van der Waals surface area (Å²) in [5.74, 6) is -0.460. The van der Waals surface area contributed by atoms with E-state index in [-0.39, 0.29) is 17.7 Å². The molecule has 2 aromatic rings. The van der Waals surface area contributed by atoms with Gasteiger partial charge in [0.2, 0.25) is 0 Å². The molecule has 1 aliphatic rings. The molecule has 2 aromatic carbocycles. The second kappa shape index (κ2) is 8.60. The molecule has 1 saturated heterocycles. The first-order chi connectivity index (χ1) is 12.6. The van der Waals surface area contributed by atoms with Gasteiger partial charge in [-0.15, -0.1) is 0 Å². The predicted molar refractivity (Wildman–Crippen MR) is 102 cm³/mol. The van der Waals surface area contributed by atoms with Crippen LogP contribution in [0.25, 0.3) is 0 Å². The van der Waals surface area contributed by atoms with Crippen LogP contribution in [0.15, 0.2) is 42.5 Å². The van der Waals surface area contributed by atoms with Crippen LogP contribution in [0.5, 0.6) is 0 Å². The minimum absolute atomic E-state index is 0.0792. The van der Waals surface area contributed by atoms with Gasteiger partial charge in [0.1, 0.15) is 11.6 Å². The van der Waals surface area contributed by atoms with Crippen LogP contribution in [0.1, 0.15) is 31.0 Å². The maximum atomic E-state index is 13.9. The zero-order valence-corrected chi connectivity index (χ0v) is 15.5. The van der Waals surface area contributed by atoms with Gasteiger partial charge in [-0.2, -0.15) is 0 Å². The second-order valence-electron chi connectivity index (χ2n) is 6.82. The van der Waals surface area contributed by atoms with Crippen LogP contribution in [0.4, 0.5) is 14.5 Å². The van der Waals surface area contributed by atoms with Gasteiger partial charge in [0, 0.05) is 50.0 Å². The third kappa shape index (κ3) is 4.40. The van der Waals surface area contributed by atoms with Crippen molar-refractivity contribution in [3.63, 3.8) is 0 Å². The summed E-state index contributed by atoms with van der Waals surface area (Å²) >= 11 is 0. The average molecular weight is 359 g/mol. The summed E-state index contributed by atoms with van der Waals surface area (Å²) in [5, 5.41) is 3.34. The molecule has 0 saturated carbocycles. The predicted octanol–water partition coefficient (Wildman–Crippen LogP) is 3.96. The van der Waals surface area contributed by atoms with Crippen molar-refractivity contribution in [3.05, 3.63) is 65.2 Å². The van der Waals surface area contributed by atoms with Crippen LogP contribution in [0, 0.1) is 11.6 Å². The summed E-state index contributed by atoms with van der Waals surface area (Å²) in [7, 11) is 0. The Hall–Kier alpha value is -1.98. The fraction of sp³-hybridized carbons (Fsp3) is 0.429. The van der Waals surface area contributed by atoms with E-state index in [4.69, 9.17) is 0 Å². The third-order valence-electron chi connectivity index (χ3n) is 5.17. The average Bonchev–Trinajstić information content (AvgIpc) is 2.67. The normalized spacial score (nSPS) is 16.7. The van der Waals surface area contributed by atoms with Crippen molar-refractivity contribution in [1.82, 2.24) is 10.2 Å². The first-order valence-electron chi connectivity index (χ1n) is 9.32. The number of likely N-dealkylation sites (N-methyl/N-ethyl adjacent to an activating group) is 1. The monoisotopic (exact) mass is 359 g/mol. The lowest BCUT2D eigenvalue weighted by atomic mass is 10.0. The highest BCUT2D eigenvalue weighted by Crippen LogP contribution is 2.28. The molecule has 0 aromatic heterocycles. The van der Waals surface area contributed by atoms with E-state index >= 15 is 0 Å². The van der Waals surface area contributed by atoms with Gasteiger partial charge < -0.3 is 15.1 Å². The topological polar surface area (TPSA) is 18.5 Å². The summed E-state index contributed by atoms with van der Waals surface area (Å²) in [5.41, 5.74) is 2.61. The molecule has 0 aliphatic carbocycles. The summed E-state index contributed by atoms with van der Waals surface area (Å²) in [6, 6.07) is 11.6. The quantitative estimate of drug-likeness (QED) is 0.842. The van der Waals surface area contributed by atoms with E-state index in [0.717, 1.165) is 44.0 Å². The molecule has 1 N–H and O–H groups in total. The van der Waals surface area contributed by atoms with E-state index in [0.29, 0.717) is 12.1 Å². The largest absolute Gasteiger partial charge is 0.369 e. The van der Waals surface area contributed by atoms with Crippen LogP contribution in [0.3, 0.4) is 0 Å².